The Morgan fingerprint density at radius 2 is 1.59 bits per heavy atom. The maximum atomic E-state index is 9.50. The first-order chi connectivity index (χ1) is 13.2. The Bertz CT molecular complexity index is 500. The van der Waals surface area contributed by atoms with Crippen molar-refractivity contribution in [2.75, 3.05) is 19.8 Å². The van der Waals surface area contributed by atoms with Crippen molar-refractivity contribution in [1.82, 2.24) is 0 Å². The van der Waals surface area contributed by atoms with Gasteiger partial charge in [-0.2, -0.15) is 0 Å². The molecule has 1 aliphatic heterocycles. The van der Waals surface area contributed by atoms with Gasteiger partial charge in [0, 0.05) is 19.4 Å². The second-order valence-corrected chi connectivity index (χ2v) is 10.1. The fourth-order valence-corrected chi connectivity index (χ4v) is 8.32. The highest BCUT2D eigenvalue weighted by molar-refractivity contribution is 5.06. The minimum atomic E-state index is -0.198. The highest BCUT2D eigenvalue weighted by atomic mass is 16.7. The fourth-order valence-electron chi connectivity index (χ4n) is 8.32. The van der Waals surface area contributed by atoms with Crippen molar-refractivity contribution in [3.8, 4) is 0 Å². The van der Waals surface area contributed by atoms with Gasteiger partial charge in [0.25, 0.3) is 0 Å². The number of hydrogen-bond acceptors (Lipinski definition) is 3. The molecule has 3 heteroatoms. The first-order valence-electron chi connectivity index (χ1n) is 12.0. The van der Waals surface area contributed by atoms with Crippen LogP contribution in [-0.4, -0.2) is 30.7 Å². The van der Waals surface area contributed by atoms with Gasteiger partial charge in [0.2, 0.25) is 0 Å². The van der Waals surface area contributed by atoms with Gasteiger partial charge < -0.3 is 14.6 Å². The van der Waals surface area contributed by atoms with Gasteiger partial charge >= 0.3 is 0 Å². The van der Waals surface area contributed by atoms with E-state index < -0.39 is 0 Å². The molecule has 1 saturated heterocycles. The number of ether oxygens (including phenoxy) is 2. The van der Waals surface area contributed by atoms with Crippen LogP contribution >= 0.6 is 0 Å². The summed E-state index contributed by atoms with van der Waals surface area (Å²) >= 11 is 0. The van der Waals surface area contributed by atoms with Crippen LogP contribution in [0.2, 0.25) is 0 Å². The number of fused-ring (bicyclic) bond motifs is 5. The van der Waals surface area contributed by atoms with Crippen molar-refractivity contribution in [2.24, 2.45) is 40.9 Å². The van der Waals surface area contributed by atoms with E-state index >= 15 is 0 Å². The molecule has 7 atom stereocenters. The van der Waals surface area contributed by atoms with Crippen LogP contribution in [0.25, 0.3) is 0 Å². The summed E-state index contributed by atoms with van der Waals surface area (Å²) in [5.74, 6) is 5.20. The molecule has 3 nitrogen and oxygen atoms in total. The molecule has 1 N–H and O–H groups in total. The zero-order valence-corrected chi connectivity index (χ0v) is 17.9. The first kappa shape index (κ1) is 20.2. The molecule has 0 bridgehead atoms. The molecule has 0 aromatic carbocycles. The Kier molecular flexibility index (Phi) is 5.94. The van der Waals surface area contributed by atoms with Crippen molar-refractivity contribution in [2.45, 2.75) is 90.8 Å². The third kappa shape index (κ3) is 3.30. The zero-order chi connectivity index (χ0) is 19.1. The average molecular weight is 379 g/mol. The highest BCUT2D eigenvalue weighted by Gasteiger charge is 2.58. The largest absolute Gasteiger partial charge is 0.396 e. The molecule has 1 heterocycles. The summed E-state index contributed by atoms with van der Waals surface area (Å²) in [7, 11) is 0. The van der Waals surface area contributed by atoms with Crippen LogP contribution in [0, 0.1) is 40.9 Å². The maximum Gasteiger partial charge on any atom is 0.168 e. The second-order valence-electron chi connectivity index (χ2n) is 10.1. The van der Waals surface area contributed by atoms with Crippen molar-refractivity contribution < 1.29 is 14.6 Å². The topological polar surface area (TPSA) is 38.7 Å². The van der Waals surface area contributed by atoms with E-state index in [1.807, 2.05) is 13.8 Å². The van der Waals surface area contributed by atoms with Gasteiger partial charge in [-0.3, -0.25) is 0 Å². The molecule has 5 aliphatic rings. The summed E-state index contributed by atoms with van der Waals surface area (Å²) in [6.45, 7) is 8.56. The lowest BCUT2D eigenvalue weighted by Gasteiger charge is -2.57. The molecule has 5 fully saturated rings. The average Bonchev–Trinajstić information content (AvgIpc) is 3.28. The molecule has 4 saturated carbocycles. The summed E-state index contributed by atoms with van der Waals surface area (Å²) in [6, 6.07) is 0. The zero-order valence-electron chi connectivity index (χ0n) is 17.9. The molecule has 1 spiro atoms. The minimum Gasteiger partial charge on any atom is -0.396 e. The number of rotatable bonds is 2. The van der Waals surface area contributed by atoms with Crippen molar-refractivity contribution >= 4 is 0 Å². The van der Waals surface area contributed by atoms with E-state index in [0.29, 0.717) is 12.0 Å². The van der Waals surface area contributed by atoms with Crippen LogP contribution in [0.4, 0.5) is 0 Å². The van der Waals surface area contributed by atoms with E-state index in [4.69, 9.17) is 9.47 Å². The third-order valence-corrected chi connectivity index (χ3v) is 9.44. The SMILES string of the molecule is CC.C[C@]12CCC3[C@@H](CC[C@@H]4CC5(CC[C@H]34)OCCO5)C1CCC2CCO. The molecule has 0 radical (unpaired) electrons. The lowest BCUT2D eigenvalue weighted by atomic mass is 9.49. The summed E-state index contributed by atoms with van der Waals surface area (Å²) in [4.78, 5) is 0. The monoisotopic (exact) mass is 378 g/mol. The van der Waals surface area contributed by atoms with Crippen LogP contribution in [0.15, 0.2) is 0 Å². The Hall–Kier alpha value is -0.120. The minimum absolute atomic E-state index is 0.198. The highest BCUT2D eigenvalue weighted by Crippen LogP contribution is 2.65. The number of aliphatic hydroxyl groups is 1. The number of hydrogen-bond donors (Lipinski definition) is 1. The van der Waals surface area contributed by atoms with Crippen molar-refractivity contribution in [3.05, 3.63) is 0 Å². The molecular formula is C24H42O3. The molecule has 0 aromatic heterocycles. The smallest absolute Gasteiger partial charge is 0.168 e. The van der Waals surface area contributed by atoms with E-state index in [0.717, 1.165) is 68.0 Å². The lowest BCUT2D eigenvalue weighted by Crippen LogP contribution is -2.51. The molecule has 27 heavy (non-hydrogen) atoms. The lowest BCUT2D eigenvalue weighted by molar-refractivity contribution is -0.209. The van der Waals surface area contributed by atoms with E-state index in [1.54, 1.807) is 0 Å². The summed E-state index contributed by atoms with van der Waals surface area (Å²) in [5, 5.41) is 9.50. The molecule has 0 aromatic rings. The van der Waals surface area contributed by atoms with E-state index in [1.165, 1.54) is 44.9 Å². The van der Waals surface area contributed by atoms with E-state index in [-0.39, 0.29) is 5.79 Å². The van der Waals surface area contributed by atoms with Crippen LogP contribution < -0.4 is 0 Å². The normalized spacial score (nSPS) is 47.6. The van der Waals surface area contributed by atoms with Gasteiger partial charge in [-0.05, 0) is 92.3 Å². The second kappa shape index (κ2) is 7.95. The Morgan fingerprint density at radius 3 is 2.33 bits per heavy atom. The summed E-state index contributed by atoms with van der Waals surface area (Å²) in [6.07, 6.45) is 13.1. The van der Waals surface area contributed by atoms with Gasteiger partial charge in [0.05, 0.1) is 13.2 Å². The summed E-state index contributed by atoms with van der Waals surface area (Å²) in [5.41, 5.74) is 0.518. The standard InChI is InChI=1S/C22H36O3.C2H6/c1-21-9-6-18-17-7-10-22(24-12-13-25-22)14-15(17)2-4-19(18)20(21)5-3-16(21)8-11-23;1-2/h15-20,23H,2-14H2,1H3;1-2H3/t15-,16?,17+,18?,19-,20?,21-;/m1./s1. The van der Waals surface area contributed by atoms with E-state index in [9.17, 15) is 5.11 Å². The Morgan fingerprint density at radius 1 is 0.852 bits per heavy atom. The molecule has 4 aliphatic carbocycles. The maximum absolute atomic E-state index is 9.50. The van der Waals surface area contributed by atoms with Gasteiger partial charge in [-0.25, -0.2) is 0 Å². The molecular weight excluding hydrogens is 336 g/mol. The van der Waals surface area contributed by atoms with Crippen molar-refractivity contribution in [3.63, 3.8) is 0 Å². The van der Waals surface area contributed by atoms with E-state index in [2.05, 4.69) is 6.92 Å². The molecule has 156 valence electrons. The van der Waals surface area contributed by atoms with Gasteiger partial charge in [-0.15, -0.1) is 0 Å². The first-order valence-corrected chi connectivity index (χ1v) is 12.0. The Labute approximate surface area is 166 Å². The van der Waals surface area contributed by atoms with Gasteiger partial charge in [-0.1, -0.05) is 20.8 Å². The third-order valence-electron chi connectivity index (χ3n) is 9.44. The number of aliphatic hydroxyl groups excluding tert-OH is 1. The van der Waals surface area contributed by atoms with Crippen molar-refractivity contribution in [1.29, 1.82) is 0 Å². The summed E-state index contributed by atoms with van der Waals surface area (Å²) < 4.78 is 12.1. The molecule has 5 rings (SSSR count). The quantitative estimate of drug-likeness (QED) is 0.698. The Balaban J connectivity index is 0.000000872. The molecule has 3 unspecified atom stereocenters. The predicted octanol–water partition coefficient (Wildman–Crippen LogP) is 5.41. The molecule has 0 amide bonds. The fraction of sp³-hybridized carbons (Fsp3) is 1.00. The van der Waals surface area contributed by atoms with Gasteiger partial charge in [0.1, 0.15) is 0 Å². The van der Waals surface area contributed by atoms with Gasteiger partial charge in [0.15, 0.2) is 5.79 Å². The van der Waals surface area contributed by atoms with Crippen LogP contribution in [0.5, 0.6) is 0 Å². The van der Waals surface area contributed by atoms with Crippen LogP contribution in [0.1, 0.15) is 85.0 Å². The van der Waals surface area contributed by atoms with Crippen LogP contribution in [-0.2, 0) is 9.47 Å². The van der Waals surface area contributed by atoms with Crippen LogP contribution in [0.3, 0.4) is 0 Å². The predicted molar refractivity (Wildman–Crippen MR) is 108 cm³/mol.